The molecule has 24 heavy (non-hydrogen) atoms. The molecular weight excluding hydrogens is 332 g/mol. The number of halogens is 2. The number of nitrogens with one attached hydrogen (secondary N) is 1. The first-order valence-corrected chi connectivity index (χ1v) is 8.39. The van der Waals surface area contributed by atoms with Crippen molar-refractivity contribution in [1.29, 1.82) is 5.26 Å². The Morgan fingerprint density at radius 2 is 2.17 bits per heavy atom. The Bertz CT molecular complexity index is 814. The Kier molecular flexibility index (Phi) is 4.60. The van der Waals surface area contributed by atoms with E-state index in [1.54, 1.807) is 23.3 Å². The fraction of sp³-hybridized carbons (Fsp3) is 0.294. The van der Waals surface area contributed by atoms with Crippen LogP contribution in [0.4, 0.5) is 13.8 Å². The molecule has 1 saturated heterocycles. The van der Waals surface area contributed by atoms with E-state index < -0.39 is 17.7 Å². The SMILES string of the molecule is C[C@H](N[C@@H]1CCN(c2sccc2C#N)C1=O)c1ccc(F)c(F)c1. The molecule has 4 nitrogen and oxygen atoms in total. The average Bonchev–Trinajstić information content (AvgIpc) is 3.17. The summed E-state index contributed by atoms with van der Waals surface area (Å²) in [5.41, 5.74) is 1.07. The van der Waals surface area contributed by atoms with Gasteiger partial charge in [0.2, 0.25) is 5.91 Å². The Hall–Kier alpha value is -2.30. The highest BCUT2D eigenvalue weighted by molar-refractivity contribution is 7.14. The molecule has 1 aromatic carbocycles. The van der Waals surface area contributed by atoms with Crippen LogP contribution in [0.1, 0.15) is 30.5 Å². The Balaban J connectivity index is 1.72. The Morgan fingerprint density at radius 1 is 1.38 bits per heavy atom. The largest absolute Gasteiger partial charge is 0.301 e. The molecule has 2 aromatic rings. The number of rotatable bonds is 4. The van der Waals surface area contributed by atoms with Crippen molar-refractivity contribution in [2.75, 3.05) is 11.4 Å². The summed E-state index contributed by atoms with van der Waals surface area (Å²) in [6, 6.07) is 6.78. The molecule has 0 saturated carbocycles. The van der Waals surface area contributed by atoms with E-state index in [-0.39, 0.29) is 11.9 Å². The smallest absolute Gasteiger partial charge is 0.244 e. The Labute approximate surface area is 142 Å². The van der Waals surface area contributed by atoms with Crippen LogP contribution in [0, 0.1) is 23.0 Å². The standard InChI is InChI=1S/C17H15F2N3OS/c1-10(11-2-3-13(18)14(19)8-11)21-15-4-6-22(16(15)23)17-12(9-20)5-7-24-17/h2-3,5,7-8,10,15,21H,4,6H2,1H3/t10-,15+/m0/s1. The van der Waals surface area contributed by atoms with Crippen molar-refractivity contribution in [1.82, 2.24) is 5.32 Å². The molecule has 0 unspecified atom stereocenters. The fourth-order valence-electron chi connectivity index (χ4n) is 2.81. The van der Waals surface area contributed by atoms with Crippen LogP contribution < -0.4 is 10.2 Å². The van der Waals surface area contributed by atoms with Gasteiger partial charge in [0.1, 0.15) is 11.1 Å². The third-order valence-electron chi connectivity index (χ3n) is 4.11. The summed E-state index contributed by atoms with van der Waals surface area (Å²) in [4.78, 5) is 14.2. The number of hydrogen-bond acceptors (Lipinski definition) is 4. The number of amides is 1. The summed E-state index contributed by atoms with van der Waals surface area (Å²) in [6.07, 6.45) is 0.593. The van der Waals surface area contributed by atoms with Crippen LogP contribution in [0.25, 0.3) is 0 Å². The summed E-state index contributed by atoms with van der Waals surface area (Å²) in [5, 5.41) is 14.7. The van der Waals surface area contributed by atoms with Gasteiger partial charge >= 0.3 is 0 Å². The molecule has 124 valence electrons. The molecule has 0 radical (unpaired) electrons. The highest BCUT2D eigenvalue weighted by Gasteiger charge is 2.35. The van der Waals surface area contributed by atoms with Crippen molar-refractivity contribution < 1.29 is 13.6 Å². The second-order valence-corrected chi connectivity index (χ2v) is 6.54. The molecule has 1 N–H and O–H groups in total. The van der Waals surface area contributed by atoms with Crippen LogP contribution >= 0.6 is 11.3 Å². The average molecular weight is 347 g/mol. The van der Waals surface area contributed by atoms with E-state index in [2.05, 4.69) is 11.4 Å². The molecule has 1 aliphatic heterocycles. The van der Waals surface area contributed by atoms with E-state index >= 15 is 0 Å². The summed E-state index contributed by atoms with van der Waals surface area (Å²) >= 11 is 1.36. The van der Waals surface area contributed by atoms with E-state index in [0.29, 0.717) is 29.1 Å². The molecule has 1 fully saturated rings. The maximum atomic E-state index is 13.4. The zero-order valence-electron chi connectivity index (χ0n) is 12.9. The zero-order chi connectivity index (χ0) is 17.3. The minimum Gasteiger partial charge on any atom is -0.301 e. The quantitative estimate of drug-likeness (QED) is 0.923. The van der Waals surface area contributed by atoms with Gasteiger partial charge < -0.3 is 4.90 Å². The first kappa shape index (κ1) is 16.6. The number of carbonyl (C=O) groups is 1. The number of carbonyl (C=O) groups excluding carboxylic acids is 1. The minimum atomic E-state index is -0.905. The van der Waals surface area contributed by atoms with E-state index in [4.69, 9.17) is 5.26 Å². The van der Waals surface area contributed by atoms with Crippen LogP contribution in [0.2, 0.25) is 0 Å². The number of nitrogens with zero attached hydrogens (tertiary/aromatic N) is 2. The Morgan fingerprint density at radius 3 is 2.88 bits per heavy atom. The van der Waals surface area contributed by atoms with Gasteiger partial charge in [-0.3, -0.25) is 10.1 Å². The third-order valence-corrected chi connectivity index (χ3v) is 5.05. The van der Waals surface area contributed by atoms with Gasteiger partial charge in [0.15, 0.2) is 11.6 Å². The van der Waals surface area contributed by atoms with Gasteiger partial charge in [-0.1, -0.05) is 6.07 Å². The highest BCUT2D eigenvalue weighted by atomic mass is 32.1. The van der Waals surface area contributed by atoms with Crippen LogP contribution in [-0.4, -0.2) is 18.5 Å². The molecule has 3 rings (SSSR count). The number of nitriles is 1. The highest BCUT2D eigenvalue weighted by Crippen LogP contribution is 2.31. The summed E-state index contributed by atoms with van der Waals surface area (Å²) in [5.74, 6) is -1.91. The topological polar surface area (TPSA) is 56.1 Å². The van der Waals surface area contributed by atoms with E-state index in [0.717, 1.165) is 12.1 Å². The van der Waals surface area contributed by atoms with E-state index in [1.807, 2.05) is 0 Å². The predicted octanol–water partition coefficient (Wildman–Crippen LogP) is 3.35. The predicted molar refractivity (Wildman–Crippen MR) is 87.7 cm³/mol. The molecule has 2 heterocycles. The molecule has 0 bridgehead atoms. The van der Waals surface area contributed by atoms with E-state index in [1.165, 1.54) is 17.4 Å². The molecule has 1 amide bonds. The number of thiophene rings is 1. The van der Waals surface area contributed by atoms with Crippen molar-refractivity contribution in [3.63, 3.8) is 0 Å². The normalized spacial score (nSPS) is 18.7. The molecule has 1 aromatic heterocycles. The molecular formula is C17H15F2N3OS. The van der Waals surface area contributed by atoms with Crippen LogP contribution in [0.3, 0.4) is 0 Å². The van der Waals surface area contributed by atoms with Gasteiger partial charge in [-0.25, -0.2) is 8.78 Å². The molecule has 0 spiro atoms. The van der Waals surface area contributed by atoms with Crippen molar-refractivity contribution in [3.05, 3.63) is 52.4 Å². The lowest BCUT2D eigenvalue weighted by Crippen LogP contribution is -2.39. The third kappa shape index (κ3) is 3.03. The molecule has 1 aliphatic rings. The van der Waals surface area contributed by atoms with Gasteiger partial charge in [-0.15, -0.1) is 11.3 Å². The number of anilines is 1. The fourth-order valence-corrected chi connectivity index (χ4v) is 3.69. The second-order valence-electron chi connectivity index (χ2n) is 5.64. The van der Waals surface area contributed by atoms with Gasteiger partial charge in [0.05, 0.1) is 11.6 Å². The van der Waals surface area contributed by atoms with Crippen molar-refractivity contribution >= 4 is 22.2 Å². The summed E-state index contributed by atoms with van der Waals surface area (Å²) in [7, 11) is 0. The van der Waals surface area contributed by atoms with Crippen LogP contribution in [0.15, 0.2) is 29.6 Å². The molecule has 0 aliphatic carbocycles. The van der Waals surface area contributed by atoms with E-state index in [9.17, 15) is 13.6 Å². The van der Waals surface area contributed by atoms with Gasteiger partial charge in [0, 0.05) is 12.6 Å². The maximum absolute atomic E-state index is 13.4. The first-order valence-electron chi connectivity index (χ1n) is 7.51. The lowest BCUT2D eigenvalue weighted by atomic mass is 10.1. The summed E-state index contributed by atoms with van der Waals surface area (Å²) in [6.45, 7) is 2.32. The van der Waals surface area contributed by atoms with Gasteiger partial charge in [-0.05, 0) is 42.5 Å². The lowest BCUT2D eigenvalue weighted by molar-refractivity contribution is -0.118. The van der Waals surface area contributed by atoms with Crippen LogP contribution in [0.5, 0.6) is 0 Å². The minimum absolute atomic E-state index is 0.108. The number of hydrogen-bond donors (Lipinski definition) is 1. The van der Waals surface area contributed by atoms with Crippen molar-refractivity contribution in [2.45, 2.75) is 25.4 Å². The number of benzene rings is 1. The van der Waals surface area contributed by atoms with Gasteiger partial charge in [-0.2, -0.15) is 5.26 Å². The second kappa shape index (κ2) is 6.67. The maximum Gasteiger partial charge on any atom is 0.244 e. The monoisotopic (exact) mass is 347 g/mol. The molecule has 2 atom stereocenters. The summed E-state index contributed by atoms with van der Waals surface area (Å²) < 4.78 is 26.4. The van der Waals surface area contributed by atoms with Crippen molar-refractivity contribution in [3.8, 4) is 6.07 Å². The molecule has 7 heteroatoms. The van der Waals surface area contributed by atoms with Gasteiger partial charge in [0.25, 0.3) is 0 Å². The lowest BCUT2D eigenvalue weighted by Gasteiger charge is -2.20. The first-order chi connectivity index (χ1) is 11.5. The van der Waals surface area contributed by atoms with Crippen molar-refractivity contribution in [2.24, 2.45) is 0 Å². The zero-order valence-corrected chi connectivity index (χ0v) is 13.7. The van der Waals surface area contributed by atoms with Crippen LogP contribution in [-0.2, 0) is 4.79 Å².